The Bertz CT molecular complexity index is 1120. The Kier molecular flexibility index (Phi) is 11.0. The molecule has 0 unspecified atom stereocenters. The zero-order valence-corrected chi connectivity index (χ0v) is 22.7. The van der Waals surface area contributed by atoms with Gasteiger partial charge in [0, 0.05) is 30.5 Å². The second-order valence-electron chi connectivity index (χ2n) is 9.44. The number of nitrogens with one attached hydrogen (secondary N) is 1. The van der Waals surface area contributed by atoms with Crippen molar-refractivity contribution in [1.82, 2.24) is 10.2 Å². The van der Waals surface area contributed by atoms with E-state index in [0.29, 0.717) is 31.0 Å². The van der Waals surface area contributed by atoms with Gasteiger partial charge in [0.05, 0.1) is 6.61 Å². The van der Waals surface area contributed by atoms with Crippen molar-refractivity contribution < 1.29 is 14.3 Å². The minimum atomic E-state index is -0.641. The quantitative estimate of drug-likeness (QED) is 0.267. The van der Waals surface area contributed by atoms with Crippen molar-refractivity contribution in [2.75, 3.05) is 6.61 Å². The molecule has 0 saturated heterocycles. The molecule has 2 amide bonds. The van der Waals surface area contributed by atoms with Gasteiger partial charge in [-0.15, -0.1) is 0 Å². The van der Waals surface area contributed by atoms with E-state index in [1.54, 1.807) is 17.0 Å². The van der Waals surface area contributed by atoms with Gasteiger partial charge in [0.15, 0.2) is 0 Å². The second kappa shape index (κ2) is 14.4. The van der Waals surface area contributed by atoms with Crippen LogP contribution in [0.4, 0.5) is 0 Å². The van der Waals surface area contributed by atoms with E-state index in [0.717, 1.165) is 23.3 Å². The summed E-state index contributed by atoms with van der Waals surface area (Å²) in [6.07, 6.45) is 2.07. The molecule has 196 valence electrons. The van der Waals surface area contributed by atoms with Crippen LogP contribution < -0.4 is 10.1 Å². The molecule has 37 heavy (non-hydrogen) atoms. The lowest BCUT2D eigenvalue weighted by Crippen LogP contribution is -2.52. The lowest BCUT2D eigenvalue weighted by atomic mass is 10.0. The Morgan fingerprint density at radius 2 is 1.62 bits per heavy atom. The van der Waals surface area contributed by atoms with Crippen LogP contribution in [0.25, 0.3) is 0 Å². The van der Waals surface area contributed by atoms with Gasteiger partial charge >= 0.3 is 0 Å². The summed E-state index contributed by atoms with van der Waals surface area (Å²) in [6, 6.07) is 24.5. The van der Waals surface area contributed by atoms with Crippen LogP contribution in [0.15, 0.2) is 78.9 Å². The highest BCUT2D eigenvalue weighted by Gasteiger charge is 2.30. The molecular weight excluding hydrogens is 484 g/mol. The predicted octanol–water partition coefficient (Wildman–Crippen LogP) is 6.36. The van der Waals surface area contributed by atoms with E-state index in [4.69, 9.17) is 16.3 Å². The lowest BCUT2D eigenvalue weighted by Gasteiger charge is -2.32. The summed E-state index contributed by atoms with van der Waals surface area (Å²) in [6.45, 7) is 6.78. The fourth-order valence-corrected chi connectivity index (χ4v) is 4.10. The second-order valence-corrected chi connectivity index (χ2v) is 9.87. The smallest absolute Gasteiger partial charge is 0.243 e. The van der Waals surface area contributed by atoms with Crippen LogP contribution in [0, 0.1) is 6.92 Å². The van der Waals surface area contributed by atoms with Gasteiger partial charge in [-0.05, 0) is 62.1 Å². The molecule has 1 N–H and O–H groups in total. The number of aryl methyl sites for hydroxylation is 1. The van der Waals surface area contributed by atoms with Crippen molar-refractivity contribution in [2.24, 2.45) is 0 Å². The van der Waals surface area contributed by atoms with Crippen molar-refractivity contribution >= 4 is 23.4 Å². The Labute approximate surface area is 225 Å². The van der Waals surface area contributed by atoms with Crippen molar-refractivity contribution in [3.8, 4) is 5.75 Å². The van der Waals surface area contributed by atoms with Gasteiger partial charge < -0.3 is 15.0 Å². The minimum Gasteiger partial charge on any atom is -0.494 e. The number of amides is 2. The average molecular weight is 521 g/mol. The molecule has 0 aromatic heterocycles. The minimum absolute atomic E-state index is 0.0150. The topological polar surface area (TPSA) is 58.6 Å². The van der Waals surface area contributed by atoms with Gasteiger partial charge in [0.2, 0.25) is 11.8 Å². The lowest BCUT2D eigenvalue weighted by molar-refractivity contribution is -0.141. The van der Waals surface area contributed by atoms with E-state index in [-0.39, 0.29) is 24.3 Å². The SMILES string of the molecule is CC[C@@H](C)NC(=O)[C@H](Cc1ccccc1)N(Cc1ccc(Cl)cc1)C(=O)CCCOc1ccc(C)cc1. The molecule has 6 heteroatoms. The van der Waals surface area contributed by atoms with Crippen LogP contribution in [0.5, 0.6) is 5.75 Å². The first kappa shape index (κ1) is 28.3. The Morgan fingerprint density at radius 1 is 0.946 bits per heavy atom. The summed E-state index contributed by atoms with van der Waals surface area (Å²) in [5.41, 5.74) is 3.09. The van der Waals surface area contributed by atoms with E-state index in [1.165, 1.54) is 5.56 Å². The first-order valence-electron chi connectivity index (χ1n) is 12.9. The molecule has 0 bridgehead atoms. The van der Waals surface area contributed by atoms with Gasteiger partial charge in [0.1, 0.15) is 11.8 Å². The maximum atomic E-state index is 13.6. The number of ether oxygens (including phenoxy) is 1. The van der Waals surface area contributed by atoms with Crippen molar-refractivity contribution in [1.29, 1.82) is 0 Å². The number of hydrogen-bond acceptors (Lipinski definition) is 3. The maximum Gasteiger partial charge on any atom is 0.243 e. The zero-order valence-electron chi connectivity index (χ0n) is 22.0. The van der Waals surface area contributed by atoms with Crippen LogP contribution in [-0.4, -0.2) is 35.4 Å². The number of hydrogen-bond donors (Lipinski definition) is 1. The first-order chi connectivity index (χ1) is 17.9. The van der Waals surface area contributed by atoms with Crippen LogP contribution in [0.1, 0.15) is 49.8 Å². The molecule has 3 rings (SSSR count). The van der Waals surface area contributed by atoms with Gasteiger partial charge in [-0.2, -0.15) is 0 Å². The number of carbonyl (C=O) groups is 2. The Morgan fingerprint density at radius 3 is 2.27 bits per heavy atom. The van der Waals surface area contributed by atoms with Crippen LogP contribution in [0.3, 0.4) is 0 Å². The highest BCUT2D eigenvalue weighted by Crippen LogP contribution is 2.19. The molecule has 0 fully saturated rings. The normalized spacial score (nSPS) is 12.4. The highest BCUT2D eigenvalue weighted by atomic mass is 35.5. The van der Waals surface area contributed by atoms with E-state index in [1.807, 2.05) is 87.5 Å². The van der Waals surface area contributed by atoms with E-state index in [9.17, 15) is 9.59 Å². The molecule has 0 aliphatic heterocycles. The molecule has 5 nitrogen and oxygen atoms in total. The summed E-state index contributed by atoms with van der Waals surface area (Å²) in [4.78, 5) is 28.8. The standard InChI is InChI=1S/C31H37ClN2O3/c1-4-24(3)33-31(36)29(21-25-9-6-5-7-10-25)34(22-26-14-16-27(32)17-15-26)30(35)11-8-20-37-28-18-12-23(2)13-19-28/h5-7,9-10,12-19,24,29H,4,8,11,20-22H2,1-3H3,(H,33,36)/t24-,29+/m1/s1. The third-order valence-electron chi connectivity index (χ3n) is 6.36. The monoisotopic (exact) mass is 520 g/mol. The molecule has 3 aromatic carbocycles. The summed E-state index contributed by atoms with van der Waals surface area (Å²) < 4.78 is 5.83. The predicted molar refractivity (Wildman–Crippen MR) is 150 cm³/mol. The summed E-state index contributed by atoms with van der Waals surface area (Å²) in [5.74, 6) is 0.560. The fourth-order valence-electron chi connectivity index (χ4n) is 3.97. The molecule has 3 aromatic rings. The molecule has 0 aliphatic carbocycles. The van der Waals surface area contributed by atoms with Gasteiger partial charge in [-0.1, -0.05) is 78.7 Å². The maximum absolute atomic E-state index is 13.6. The summed E-state index contributed by atoms with van der Waals surface area (Å²) in [7, 11) is 0. The summed E-state index contributed by atoms with van der Waals surface area (Å²) in [5, 5.41) is 3.72. The molecule has 0 saturated carbocycles. The number of nitrogens with zero attached hydrogens (tertiary/aromatic N) is 1. The number of halogens is 1. The summed E-state index contributed by atoms with van der Waals surface area (Å²) >= 11 is 6.09. The third-order valence-corrected chi connectivity index (χ3v) is 6.61. The molecular formula is C31H37ClN2O3. The van der Waals surface area contributed by atoms with Crippen LogP contribution in [0.2, 0.25) is 5.02 Å². The number of rotatable bonds is 13. The van der Waals surface area contributed by atoms with E-state index >= 15 is 0 Å². The van der Waals surface area contributed by atoms with Gasteiger partial charge in [-0.3, -0.25) is 9.59 Å². The van der Waals surface area contributed by atoms with Crippen molar-refractivity contribution in [3.05, 3.63) is 101 Å². The Hall–Kier alpha value is -3.31. The average Bonchev–Trinajstić information content (AvgIpc) is 2.91. The highest BCUT2D eigenvalue weighted by molar-refractivity contribution is 6.30. The zero-order chi connectivity index (χ0) is 26.6. The van der Waals surface area contributed by atoms with Crippen LogP contribution >= 0.6 is 11.6 Å². The number of carbonyl (C=O) groups excluding carboxylic acids is 2. The van der Waals surface area contributed by atoms with Crippen molar-refractivity contribution in [3.63, 3.8) is 0 Å². The van der Waals surface area contributed by atoms with Gasteiger partial charge in [0.25, 0.3) is 0 Å². The van der Waals surface area contributed by atoms with Gasteiger partial charge in [-0.25, -0.2) is 0 Å². The number of benzene rings is 3. The van der Waals surface area contributed by atoms with Crippen LogP contribution in [-0.2, 0) is 22.6 Å². The molecule has 0 aliphatic rings. The van der Waals surface area contributed by atoms with E-state index < -0.39 is 6.04 Å². The fraction of sp³-hybridized carbons (Fsp3) is 0.355. The first-order valence-corrected chi connectivity index (χ1v) is 13.3. The molecule has 0 spiro atoms. The molecule has 0 heterocycles. The largest absolute Gasteiger partial charge is 0.494 e. The Balaban J connectivity index is 1.78. The van der Waals surface area contributed by atoms with E-state index in [2.05, 4.69) is 5.32 Å². The third kappa shape index (κ3) is 9.25. The molecule has 2 atom stereocenters. The van der Waals surface area contributed by atoms with Crippen molar-refractivity contribution in [2.45, 2.75) is 65.1 Å². The molecule has 0 radical (unpaired) electrons.